The third kappa shape index (κ3) is 5.23. The van der Waals surface area contributed by atoms with Gasteiger partial charge in [-0.05, 0) is 17.2 Å². The first kappa shape index (κ1) is 26.5. The largest absolute Gasteiger partial charge is 0.856 e. The Bertz CT molecular complexity index is 1530. The Morgan fingerprint density at radius 3 is 2.58 bits per heavy atom. The van der Waals surface area contributed by atoms with Crippen LogP contribution in [0.4, 0.5) is 5.95 Å². The highest BCUT2D eigenvalue weighted by molar-refractivity contribution is 7.46. The fraction of sp³-hybridized carbons (Fsp3) is 0.261. The highest BCUT2D eigenvalue weighted by atomic mass is 35.5. The Morgan fingerprint density at radius 1 is 1.16 bits per heavy atom. The predicted octanol–water partition coefficient (Wildman–Crippen LogP) is 0.472. The van der Waals surface area contributed by atoms with Crippen molar-refractivity contribution in [1.29, 1.82) is 0 Å². The molecule has 0 saturated carbocycles. The topological polar surface area (TPSA) is 200 Å². The molecular formula is C23H23ClN5O8P. The first-order chi connectivity index (χ1) is 18.0. The lowest BCUT2D eigenvalue weighted by Crippen LogP contribution is -2.46. The van der Waals surface area contributed by atoms with E-state index >= 15 is 0 Å². The van der Waals surface area contributed by atoms with Crippen LogP contribution < -0.4 is 15.4 Å². The summed E-state index contributed by atoms with van der Waals surface area (Å²) in [7, 11) is -4.84. The number of halogens is 1. The molecule has 0 bridgehead atoms. The molecule has 13 nitrogen and oxygen atoms in total. The van der Waals surface area contributed by atoms with Gasteiger partial charge in [-0.2, -0.15) is 0 Å². The molecule has 38 heavy (non-hydrogen) atoms. The molecule has 3 heterocycles. The van der Waals surface area contributed by atoms with Crippen molar-refractivity contribution in [3.63, 3.8) is 0 Å². The minimum absolute atomic E-state index is 0.0299. The molecule has 0 amide bonds. The number of hydrogen-bond donors (Lipinski definition) is 5. The molecular weight excluding hydrogens is 541 g/mol. The first-order valence-corrected chi connectivity index (χ1v) is 13.2. The Hall–Kier alpha value is -3.13. The first-order valence-electron chi connectivity index (χ1n) is 11.3. The maximum atomic E-state index is 12.8. The number of ether oxygens (including phenoxy) is 1. The van der Waals surface area contributed by atoms with Crippen LogP contribution in [0, 0.1) is 0 Å². The van der Waals surface area contributed by atoms with E-state index in [9.17, 15) is 19.9 Å². The van der Waals surface area contributed by atoms with E-state index in [2.05, 4.69) is 14.5 Å². The van der Waals surface area contributed by atoms with Crippen molar-refractivity contribution in [2.45, 2.75) is 31.1 Å². The average molecular weight is 564 g/mol. The third-order valence-electron chi connectivity index (χ3n) is 6.14. The maximum Gasteiger partial charge on any atom is 0.469 e. The number of phosphoric acid groups is 1. The monoisotopic (exact) mass is 563 g/mol. The Balaban J connectivity index is 1.50. The van der Waals surface area contributed by atoms with Crippen LogP contribution in [0.1, 0.15) is 11.8 Å². The van der Waals surface area contributed by atoms with Crippen LogP contribution >= 0.6 is 19.4 Å². The SMILES string of the molecule is Nc1nc([O-])c2c(n1)[n+]([C@H]1O[C@@H](COP(=O)(O)O)[C@H](O)[C@@H]1O)cn2Cc1ccc(-c2ccccc2)c(Cl)c1. The van der Waals surface area contributed by atoms with Crippen molar-refractivity contribution in [1.82, 2.24) is 14.5 Å². The van der Waals surface area contributed by atoms with Gasteiger partial charge < -0.3 is 35.6 Å². The summed E-state index contributed by atoms with van der Waals surface area (Å²) in [6.45, 7) is -0.523. The van der Waals surface area contributed by atoms with Crippen molar-refractivity contribution in [2.24, 2.45) is 0 Å². The van der Waals surface area contributed by atoms with Gasteiger partial charge in [-0.15, -0.1) is 0 Å². The van der Waals surface area contributed by atoms with Gasteiger partial charge in [-0.3, -0.25) is 9.09 Å². The zero-order chi connectivity index (χ0) is 27.2. The number of nitrogen functional groups attached to an aromatic ring is 1. The molecule has 0 radical (unpaired) electrons. The lowest BCUT2D eigenvalue weighted by molar-refractivity contribution is -0.745. The van der Waals surface area contributed by atoms with Crippen molar-refractivity contribution in [2.75, 3.05) is 12.3 Å². The highest BCUT2D eigenvalue weighted by Gasteiger charge is 2.47. The van der Waals surface area contributed by atoms with E-state index in [0.717, 1.165) is 16.7 Å². The van der Waals surface area contributed by atoms with E-state index in [-0.39, 0.29) is 23.7 Å². The zero-order valence-electron chi connectivity index (χ0n) is 19.5. The number of fused-ring (bicyclic) bond motifs is 1. The lowest BCUT2D eigenvalue weighted by Gasteiger charge is -2.14. The van der Waals surface area contributed by atoms with Gasteiger partial charge in [0.05, 0.1) is 13.2 Å². The van der Waals surface area contributed by atoms with E-state index in [1.807, 2.05) is 42.5 Å². The number of hydrogen-bond acceptors (Lipinski definition) is 9. The molecule has 4 atom stereocenters. The molecule has 0 spiro atoms. The van der Waals surface area contributed by atoms with Gasteiger partial charge in [0, 0.05) is 16.5 Å². The molecule has 200 valence electrons. The van der Waals surface area contributed by atoms with Crippen molar-refractivity contribution < 1.29 is 43.5 Å². The predicted molar refractivity (Wildman–Crippen MR) is 131 cm³/mol. The van der Waals surface area contributed by atoms with Crippen LogP contribution in [0.2, 0.25) is 5.02 Å². The number of aromatic nitrogens is 4. The van der Waals surface area contributed by atoms with Crippen LogP contribution in [0.5, 0.6) is 5.88 Å². The van der Waals surface area contributed by atoms with Gasteiger partial charge in [0.25, 0.3) is 5.95 Å². The van der Waals surface area contributed by atoms with Gasteiger partial charge in [-0.25, -0.2) is 14.1 Å². The molecule has 1 aliphatic heterocycles. The van der Waals surface area contributed by atoms with Crippen molar-refractivity contribution >= 4 is 36.5 Å². The smallest absolute Gasteiger partial charge is 0.469 e. The Labute approximate surface area is 220 Å². The van der Waals surface area contributed by atoms with Crippen molar-refractivity contribution in [3.8, 4) is 17.0 Å². The van der Waals surface area contributed by atoms with E-state index in [1.54, 1.807) is 6.07 Å². The van der Waals surface area contributed by atoms with Gasteiger partial charge >= 0.3 is 13.5 Å². The molecule has 1 fully saturated rings. The summed E-state index contributed by atoms with van der Waals surface area (Å²) in [6, 6.07) is 15.1. The molecule has 15 heteroatoms. The fourth-order valence-corrected chi connectivity index (χ4v) is 5.07. The average Bonchev–Trinajstić information content (AvgIpc) is 3.34. The van der Waals surface area contributed by atoms with Crippen LogP contribution in [-0.4, -0.2) is 59.5 Å². The second-order valence-corrected chi connectivity index (χ2v) is 10.4. The molecule has 1 saturated heterocycles. The quantitative estimate of drug-likeness (QED) is 0.155. The number of phosphoric ester groups is 1. The van der Waals surface area contributed by atoms with Crippen LogP contribution in [0.25, 0.3) is 22.3 Å². The summed E-state index contributed by atoms with van der Waals surface area (Å²) in [5.41, 5.74) is 8.33. The molecule has 5 rings (SSSR count). The molecule has 6 N–H and O–H groups in total. The maximum absolute atomic E-state index is 12.8. The number of nitrogens with zero attached hydrogens (tertiary/aromatic N) is 4. The van der Waals surface area contributed by atoms with Gasteiger partial charge in [0.15, 0.2) is 11.8 Å². The Kier molecular flexibility index (Phi) is 7.11. The number of rotatable bonds is 7. The van der Waals surface area contributed by atoms with Crippen molar-refractivity contribution in [3.05, 3.63) is 65.4 Å². The second kappa shape index (κ2) is 10.2. The highest BCUT2D eigenvalue weighted by Crippen LogP contribution is 2.38. The molecule has 0 unspecified atom stereocenters. The van der Waals surface area contributed by atoms with Gasteiger partial charge in [-0.1, -0.05) is 59.0 Å². The summed E-state index contributed by atoms with van der Waals surface area (Å²) in [5.74, 6) is -0.980. The van der Waals surface area contributed by atoms with Crippen LogP contribution in [0.15, 0.2) is 54.9 Å². The molecule has 4 aromatic rings. The minimum Gasteiger partial charge on any atom is -0.856 e. The summed E-state index contributed by atoms with van der Waals surface area (Å²) in [6.07, 6.45) is -4.20. The summed E-state index contributed by atoms with van der Waals surface area (Å²) < 4.78 is 24.0. The minimum atomic E-state index is -4.84. The zero-order valence-corrected chi connectivity index (χ0v) is 21.2. The molecule has 1 aliphatic rings. The number of benzene rings is 2. The van der Waals surface area contributed by atoms with Crippen LogP contribution in [0.3, 0.4) is 0 Å². The molecule has 0 aliphatic carbocycles. The summed E-state index contributed by atoms with van der Waals surface area (Å²) in [4.78, 5) is 25.8. The van der Waals surface area contributed by atoms with E-state index in [0.29, 0.717) is 5.02 Å². The number of imidazole rings is 1. The van der Waals surface area contributed by atoms with Crippen LogP contribution in [-0.2, 0) is 20.4 Å². The summed E-state index contributed by atoms with van der Waals surface area (Å²) in [5, 5.41) is 34.4. The third-order valence-corrected chi connectivity index (χ3v) is 6.93. The second-order valence-electron chi connectivity index (χ2n) is 8.72. The molecule has 2 aromatic heterocycles. The lowest BCUT2D eigenvalue weighted by atomic mass is 10.0. The van der Waals surface area contributed by atoms with E-state index in [4.69, 9.17) is 31.9 Å². The fourth-order valence-electron chi connectivity index (χ4n) is 4.41. The Morgan fingerprint density at radius 2 is 1.89 bits per heavy atom. The number of nitrogens with two attached hydrogens (primary N) is 1. The van der Waals surface area contributed by atoms with Gasteiger partial charge in [0.1, 0.15) is 18.3 Å². The van der Waals surface area contributed by atoms with E-state index in [1.165, 1.54) is 15.5 Å². The van der Waals surface area contributed by atoms with E-state index < -0.39 is 44.8 Å². The molecule has 2 aromatic carbocycles. The standard InChI is InChI=1S/C23H23ClN5O8P/c24-15-8-12(6-7-14(15)13-4-2-1-3-5-13)9-28-11-29(20-17(28)21(32)27-23(25)26-20)22-19(31)18(30)16(37-22)10-36-38(33,34)35/h1-8,11,16,18-19,22,30-31H,9-10H2,(H4-,25,26,27,32,33,34,35)/t16-,18-,19-,22-/m0/s1. The summed E-state index contributed by atoms with van der Waals surface area (Å²) >= 11 is 6.56. The number of anilines is 1. The number of aliphatic hydroxyl groups excluding tert-OH is 2. The normalized spacial score (nSPS) is 21.8. The van der Waals surface area contributed by atoms with Gasteiger partial charge in [0.2, 0.25) is 6.23 Å². The number of aliphatic hydroxyl groups is 2.